The van der Waals surface area contributed by atoms with Crippen LogP contribution in [0.5, 0.6) is 23.0 Å². The van der Waals surface area contributed by atoms with Crippen LogP contribution in [-0.4, -0.2) is 44.9 Å². The summed E-state index contributed by atoms with van der Waals surface area (Å²) in [6.45, 7) is 3.94. The van der Waals surface area contributed by atoms with E-state index < -0.39 is 0 Å². The zero-order chi connectivity index (χ0) is 19.2. The van der Waals surface area contributed by atoms with Gasteiger partial charge in [0.1, 0.15) is 13.2 Å². The smallest absolute Gasteiger partial charge is 0.321 e. The Hall–Kier alpha value is -3.09. The van der Waals surface area contributed by atoms with Crippen LogP contribution in [0.3, 0.4) is 0 Å². The van der Waals surface area contributed by atoms with Gasteiger partial charge in [0.05, 0.1) is 13.7 Å². The minimum Gasteiger partial charge on any atom is -0.493 e. The SMILES string of the molecule is CCOc1cc(NC(=O)N(C)Cc2ccc3c(c2)OCCO3)ccc1OC. The molecule has 144 valence electrons. The number of anilines is 1. The van der Waals surface area contributed by atoms with E-state index >= 15 is 0 Å². The van der Waals surface area contributed by atoms with Crippen molar-refractivity contribution in [2.45, 2.75) is 13.5 Å². The fourth-order valence-electron chi connectivity index (χ4n) is 2.77. The van der Waals surface area contributed by atoms with Gasteiger partial charge in [0.15, 0.2) is 23.0 Å². The van der Waals surface area contributed by atoms with Crippen molar-refractivity contribution >= 4 is 11.7 Å². The topological polar surface area (TPSA) is 69.3 Å². The fourth-order valence-corrected chi connectivity index (χ4v) is 2.77. The number of fused-ring (bicyclic) bond motifs is 1. The number of carbonyl (C=O) groups is 1. The van der Waals surface area contributed by atoms with Crippen LogP contribution in [0, 0.1) is 0 Å². The molecule has 0 spiro atoms. The highest BCUT2D eigenvalue weighted by Gasteiger charge is 2.15. The van der Waals surface area contributed by atoms with Crippen LogP contribution in [-0.2, 0) is 6.54 Å². The number of ether oxygens (including phenoxy) is 4. The van der Waals surface area contributed by atoms with E-state index in [2.05, 4.69) is 5.32 Å². The zero-order valence-electron chi connectivity index (χ0n) is 15.8. The minimum atomic E-state index is -0.225. The van der Waals surface area contributed by atoms with Gasteiger partial charge in [-0.2, -0.15) is 0 Å². The van der Waals surface area contributed by atoms with E-state index in [0.717, 1.165) is 11.3 Å². The number of amides is 2. The van der Waals surface area contributed by atoms with Gasteiger partial charge in [-0.15, -0.1) is 0 Å². The molecule has 7 nitrogen and oxygen atoms in total. The molecule has 0 saturated heterocycles. The highest BCUT2D eigenvalue weighted by molar-refractivity contribution is 5.89. The van der Waals surface area contributed by atoms with Crippen molar-refractivity contribution in [3.8, 4) is 23.0 Å². The molecule has 0 unspecified atom stereocenters. The van der Waals surface area contributed by atoms with E-state index in [1.807, 2.05) is 25.1 Å². The third-order valence-electron chi connectivity index (χ3n) is 4.09. The summed E-state index contributed by atoms with van der Waals surface area (Å²) >= 11 is 0. The van der Waals surface area contributed by atoms with Crippen molar-refractivity contribution in [2.75, 3.05) is 39.3 Å². The monoisotopic (exact) mass is 372 g/mol. The Morgan fingerprint density at radius 1 is 1.11 bits per heavy atom. The third-order valence-corrected chi connectivity index (χ3v) is 4.09. The zero-order valence-corrected chi connectivity index (χ0v) is 15.8. The lowest BCUT2D eigenvalue weighted by Crippen LogP contribution is -2.30. The standard InChI is InChI=1S/C20H24N2O5/c1-4-25-19-12-15(6-8-16(19)24-3)21-20(23)22(2)13-14-5-7-17-18(11-14)27-10-9-26-17/h5-8,11-12H,4,9-10,13H2,1-3H3,(H,21,23). The van der Waals surface area contributed by atoms with Crippen molar-refractivity contribution in [1.29, 1.82) is 0 Å². The molecular formula is C20H24N2O5. The van der Waals surface area contributed by atoms with Crippen LogP contribution < -0.4 is 24.3 Å². The number of carbonyl (C=O) groups excluding carboxylic acids is 1. The second-order valence-corrected chi connectivity index (χ2v) is 6.06. The van der Waals surface area contributed by atoms with Crippen molar-refractivity contribution < 1.29 is 23.7 Å². The summed E-state index contributed by atoms with van der Waals surface area (Å²) in [5, 5.41) is 2.87. The second-order valence-electron chi connectivity index (χ2n) is 6.06. The summed E-state index contributed by atoms with van der Waals surface area (Å²) in [6, 6.07) is 10.8. The molecule has 3 rings (SSSR count). The molecule has 1 aliphatic heterocycles. The van der Waals surface area contributed by atoms with E-state index in [9.17, 15) is 4.79 Å². The maximum absolute atomic E-state index is 12.5. The number of urea groups is 1. The summed E-state index contributed by atoms with van der Waals surface area (Å²) in [4.78, 5) is 14.1. The van der Waals surface area contributed by atoms with E-state index in [4.69, 9.17) is 18.9 Å². The van der Waals surface area contributed by atoms with Gasteiger partial charge in [0, 0.05) is 25.3 Å². The molecule has 0 fully saturated rings. The largest absolute Gasteiger partial charge is 0.493 e. The average Bonchev–Trinajstić information content (AvgIpc) is 2.68. The maximum Gasteiger partial charge on any atom is 0.321 e. The molecule has 0 radical (unpaired) electrons. The predicted molar refractivity (Wildman–Crippen MR) is 102 cm³/mol. The molecule has 1 heterocycles. The summed E-state index contributed by atoms with van der Waals surface area (Å²) in [7, 11) is 3.32. The Morgan fingerprint density at radius 2 is 1.89 bits per heavy atom. The van der Waals surface area contributed by atoms with E-state index in [0.29, 0.717) is 49.3 Å². The van der Waals surface area contributed by atoms with Crippen LogP contribution in [0.1, 0.15) is 12.5 Å². The third kappa shape index (κ3) is 4.55. The first-order valence-electron chi connectivity index (χ1n) is 8.82. The van der Waals surface area contributed by atoms with Gasteiger partial charge < -0.3 is 29.2 Å². The Balaban J connectivity index is 1.64. The van der Waals surface area contributed by atoms with Gasteiger partial charge in [-0.1, -0.05) is 6.07 Å². The first kappa shape index (κ1) is 18.7. The molecule has 0 atom stereocenters. The first-order valence-corrected chi connectivity index (χ1v) is 8.82. The Kier molecular flexibility index (Phi) is 5.90. The number of hydrogen-bond donors (Lipinski definition) is 1. The number of nitrogens with zero attached hydrogens (tertiary/aromatic N) is 1. The molecule has 1 aliphatic rings. The second kappa shape index (κ2) is 8.53. The normalized spacial score (nSPS) is 12.3. The van der Waals surface area contributed by atoms with Crippen LogP contribution in [0.4, 0.5) is 10.5 Å². The van der Waals surface area contributed by atoms with Crippen molar-refractivity contribution in [3.05, 3.63) is 42.0 Å². The quantitative estimate of drug-likeness (QED) is 0.840. The lowest BCUT2D eigenvalue weighted by Gasteiger charge is -2.21. The Bertz CT molecular complexity index is 809. The maximum atomic E-state index is 12.5. The van der Waals surface area contributed by atoms with Crippen molar-refractivity contribution in [3.63, 3.8) is 0 Å². The lowest BCUT2D eigenvalue weighted by atomic mass is 10.2. The average molecular weight is 372 g/mol. The van der Waals surface area contributed by atoms with Gasteiger partial charge in [-0.25, -0.2) is 4.79 Å². The molecule has 0 bridgehead atoms. The van der Waals surface area contributed by atoms with Gasteiger partial charge in [-0.3, -0.25) is 0 Å². The summed E-state index contributed by atoms with van der Waals surface area (Å²) in [6.07, 6.45) is 0. The van der Waals surface area contributed by atoms with Gasteiger partial charge in [0.2, 0.25) is 0 Å². The number of hydrogen-bond acceptors (Lipinski definition) is 5. The highest BCUT2D eigenvalue weighted by Crippen LogP contribution is 2.32. The molecule has 0 aromatic heterocycles. The molecule has 2 aromatic carbocycles. The van der Waals surface area contributed by atoms with Crippen LogP contribution in [0.15, 0.2) is 36.4 Å². The number of nitrogens with one attached hydrogen (secondary N) is 1. The molecule has 27 heavy (non-hydrogen) atoms. The minimum absolute atomic E-state index is 0.225. The molecule has 2 aromatic rings. The van der Waals surface area contributed by atoms with E-state index in [1.165, 1.54) is 0 Å². The Labute approximate surface area is 158 Å². The van der Waals surface area contributed by atoms with E-state index in [-0.39, 0.29) is 6.03 Å². The van der Waals surface area contributed by atoms with Crippen molar-refractivity contribution in [2.24, 2.45) is 0 Å². The highest BCUT2D eigenvalue weighted by atomic mass is 16.6. The van der Waals surface area contributed by atoms with Gasteiger partial charge >= 0.3 is 6.03 Å². The van der Waals surface area contributed by atoms with E-state index in [1.54, 1.807) is 37.3 Å². The number of methoxy groups -OCH3 is 1. The molecule has 0 saturated carbocycles. The van der Waals surface area contributed by atoms with Crippen molar-refractivity contribution in [1.82, 2.24) is 4.90 Å². The number of rotatable bonds is 6. The predicted octanol–water partition coefficient (Wildman–Crippen LogP) is 3.53. The van der Waals surface area contributed by atoms with Crippen LogP contribution in [0.2, 0.25) is 0 Å². The van der Waals surface area contributed by atoms with Crippen LogP contribution >= 0.6 is 0 Å². The molecule has 2 amide bonds. The molecule has 0 aliphatic carbocycles. The van der Waals surface area contributed by atoms with Crippen LogP contribution in [0.25, 0.3) is 0 Å². The Morgan fingerprint density at radius 3 is 2.63 bits per heavy atom. The molecule has 1 N–H and O–H groups in total. The first-order chi connectivity index (χ1) is 13.1. The fraction of sp³-hybridized carbons (Fsp3) is 0.350. The summed E-state index contributed by atoms with van der Waals surface area (Å²) in [5.74, 6) is 2.66. The molecular weight excluding hydrogens is 348 g/mol. The number of benzene rings is 2. The lowest BCUT2D eigenvalue weighted by molar-refractivity contribution is 0.171. The summed E-state index contributed by atoms with van der Waals surface area (Å²) in [5.41, 5.74) is 1.60. The molecule has 7 heteroatoms. The van der Waals surface area contributed by atoms with Gasteiger partial charge in [0.25, 0.3) is 0 Å². The summed E-state index contributed by atoms with van der Waals surface area (Å²) < 4.78 is 21.9. The van der Waals surface area contributed by atoms with Gasteiger partial charge in [-0.05, 0) is 36.8 Å².